The lowest BCUT2D eigenvalue weighted by Crippen LogP contribution is -2.54. The molecule has 194 valence electrons. The van der Waals surface area contributed by atoms with E-state index < -0.39 is 11.8 Å². The number of para-hydroxylation sites is 1. The van der Waals surface area contributed by atoms with Crippen molar-refractivity contribution in [1.82, 2.24) is 5.32 Å². The van der Waals surface area contributed by atoms with Crippen LogP contribution >= 0.6 is 12.2 Å². The number of nitrogens with one attached hydrogen (secondary N) is 1. The number of methoxy groups -OCH3 is 1. The first kappa shape index (κ1) is 25.7. The largest absolute Gasteiger partial charge is 0.496 e. The number of ether oxygens (including phenoxy) is 3. The zero-order chi connectivity index (χ0) is 27.2. The minimum absolute atomic E-state index is 0.00416. The Hall–Kier alpha value is -4.95. The number of rotatable bonds is 8. The van der Waals surface area contributed by atoms with Crippen LogP contribution in [0.4, 0.5) is 5.69 Å². The molecule has 0 saturated carbocycles. The summed E-state index contributed by atoms with van der Waals surface area (Å²) in [7, 11) is 1.52. The maximum absolute atomic E-state index is 13.5. The Morgan fingerprint density at radius 3 is 2.15 bits per heavy atom. The number of nitrogens with zero attached hydrogens (tertiary/aromatic N) is 1. The van der Waals surface area contributed by atoms with E-state index in [1.54, 1.807) is 42.5 Å². The molecule has 0 bridgehead atoms. The van der Waals surface area contributed by atoms with E-state index in [0.717, 1.165) is 5.56 Å². The van der Waals surface area contributed by atoms with Gasteiger partial charge in [0.2, 0.25) is 0 Å². The van der Waals surface area contributed by atoms with Gasteiger partial charge in [0, 0.05) is 11.6 Å². The highest BCUT2D eigenvalue weighted by Gasteiger charge is 2.34. The van der Waals surface area contributed by atoms with Crippen molar-refractivity contribution in [3.8, 4) is 23.0 Å². The van der Waals surface area contributed by atoms with Gasteiger partial charge in [0.15, 0.2) is 5.11 Å². The molecule has 1 N–H and O–H groups in total. The predicted molar refractivity (Wildman–Crippen MR) is 153 cm³/mol. The van der Waals surface area contributed by atoms with Crippen LogP contribution in [0, 0.1) is 0 Å². The molecular weight excluding hydrogens is 512 g/mol. The smallest absolute Gasteiger partial charge is 0.270 e. The van der Waals surface area contributed by atoms with Gasteiger partial charge in [-0.15, -0.1) is 0 Å². The first-order chi connectivity index (χ1) is 19.0. The normalized spacial score (nSPS) is 14.2. The first-order valence-corrected chi connectivity index (χ1v) is 12.5. The molecule has 0 aromatic heterocycles. The summed E-state index contributed by atoms with van der Waals surface area (Å²) in [5.41, 5.74) is 1.99. The van der Waals surface area contributed by atoms with Crippen LogP contribution in [-0.2, 0) is 16.2 Å². The fourth-order valence-electron chi connectivity index (χ4n) is 3.98. The maximum atomic E-state index is 13.5. The summed E-state index contributed by atoms with van der Waals surface area (Å²) in [5.74, 6) is 1.20. The maximum Gasteiger partial charge on any atom is 0.270 e. The fourth-order valence-corrected chi connectivity index (χ4v) is 4.26. The van der Waals surface area contributed by atoms with Gasteiger partial charge in [-0.2, -0.15) is 0 Å². The Morgan fingerprint density at radius 1 is 0.821 bits per heavy atom. The van der Waals surface area contributed by atoms with Crippen molar-refractivity contribution < 1.29 is 23.8 Å². The van der Waals surface area contributed by atoms with E-state index in [4.69, 9.17) is 26.4 Å². The van der Waals surface area contributed by atoms with E-state index in [2.05, 4.69) is 5.32 Å². The summed E-state index contributed by atoms with van der Waals surface area (Å²) in [6.07, 6.45) is 1.49. The molecule has 1 aliphatic heterocycles. The lowest BCUT2D eigenvalue weighted by molar-refractivity contribution is -0.122. The molecule has 8 heteroatoms. The van der Waals surface area contributed by atoms with Crippen LogP contribution in [0.5, 0.6) is 23.0 Å². The Kier molecular flexibility index (Phi) is 7.65. The lowest BCUT2D eigenvalue weighted by atomic mass is 10.1. The van der Waals surface area contributed by atoms with Gasteiger partial charge in [0.1, 0.15) is 35.2 Å². The van der Waals surface area contributed by atoms with Crippen LogP contribution in [0.3, 0.4) is 0 Å². The van der Waals surface area contributed by atoms with E-state index in [1.807, 2.05) is 60.7 Å². The third kappa shape index (κ3) is 5.97. The molecule has 1 aliphatic rings. The summed E-state index contributed by atoms with van der Waals surface area (Å²) in [6, 6.07) is 31.2. The van der Waals surface area contributed by atoms with Crippen LogP contribution in [0.15, 0.2) is 109 Å². The summed E-state index contributed by atoms with van der Waals surface area (Å²) in [6.45, 7) is 0.396. The second kappa shape index (κ2) is 11.6. The van der Waals surface area contributed by atoms with Crippen molar-refractivity contribution >= 4 is 40.9 Å². The second-order valence-corrected chi connectivity index (χ2v) is 8.93. The van der Waals surface area contributed by atoms with E-state index in [9.17, 15) is 9.59 Å². The Morgan fingerprint density at radius 2 is 1.46 bits per heavy atom. The SMILES string of the molecule is COc1cc(OCc2ccccc2)ccc1C=C1C(=O)NC(=S)N(c2ccc(Oc3ccccc3)cc2)C1=O. The molecule has 4 aromatic carbocycles. The number of hydrogen-bond acceptors (Lipinski definition) is 6. The van der Waals surface area contributed by atoms with Crippen LogP contribution in [-0.4, -0.2) is 24.0 Å². The van der Waals surface area contributed by atoms with Crippen LogP contribution < -0.4 is 24.4 Å². The quantitative estimate of drug-likeness (QED) is 0.172. The Balaban J connectivity index is 1.36. The molecule has 4 aromatic rings. The molecule has 0 aliphatic carbocycles. The summed E-state index contributed by atoms with van der Waals surface area (Å²) in [5, 5.41) is 2.60. The van der Waals surface area contributed by atoms with Gasteiger partial charge in [0.25, 0.3) is 11.8 Å². The number of carbonyl (C=O) groups is 2. The third-order valence-corrected chi connectivity index (χ3v) is 6.21. The van der Waals surface area contributed by atoms with E-state index >= 15 is 0 Å². The van der Waals surface area contributed by atoms with Crippen LogP contribution in [0.1, 0.15) is 11.1 Å². The van der Waals surface area contributed by atoms with Gasteiger partial charge in [-0.3, -0.25) is 19.8 Å². The average Bonchev–Trinajstić information content (AvgIpc) is 2.96. The van der Waals surface area contributed by atoms with Gasteiger partial charge >= 0.3 is 0 Å². The molecule has 39 heavy (non-hydrogen) atoms. The summed E-state index contributed by atoms with van der Waals surface area (Å²) in [4.78, 5) is 27.5. The standard InChI is InChI=1S/C31H24N2O5S/c1-36-28-19-26(37-20-21-8-4-2-5-9-21)15-12-22(28)18-27-29(34)32-31(39)33(30(27)35)23-13-16-25(17-14-23)38-24-10-6-3-7-11-24/h2-19H,20H2,1H3,(H,32,34,39). The van der Waals surface area contributed by atoms with Crippen molar-refractivity contribution in [1.29, 1.82) is 0 Å². The molecule has 1 heterocycles. The van der Waals surface area contributed by atoms with Gasteiger partial charge < -0.3 is 14.2 Å². The zero-order valence-electron chi connectivity index (χ0n) is 21.0. The topological polar surface area (TPSA) is 77.1 Å². The molecule has 7 nitrogen and oxygen atoms in total. The number of anilines is 1. The molecule has 2 amide bonds. The lowest BCUT2D eigenvalue weighted by Gasteiger charge is -2.29. The average molecular weight is 537 g/mol. The third-order valence-electron chi connectivity index (χ3n) is 5.93. The second-order valence-electron chi connectivity index (χ2n) is 8.54. The molecule has 1 saturated heterocycles. The number of benzene rings is 4. The van der Waals surface area contributed by atoms with Gasteiger partial charge in [0.05, 0.1) is 12.8 Å². The van der Waals surface area contributed by atoms with Gasteiger partial charge in [-0.05, 0) is 72.4 Å². The number of carbonyl (C=O) groups excluding carboxylic acids is 2. The van der Waals surface area contributed by atoms with Crippen molar-refractivity contribution in [2.24, 2.45) is 0 Å². The zero-order valence-corrected chi connectivity index (χ0v) is 21.8. The molecule has 1 fully saturated rings. The van der Waals surface area contributed by atoms with E-state index in [-0.39, 0.29) is 10.7 Å². The van der Waals surface area contributed by atoms with Gasteiger partial charge in [-0.25, -0.2) is 0 Å². The fraction of sp³-hybridized carbons (Fsp3) is 0.0645. The van der Waals surface area contributed by atoms with Crippen molar-refractivity contribution in [2.45, 2.75) is 6.61 Å². The van der Waals surface area contributed by atoms with E-state index in [1.165, 1.54) is 18.1 Å². The Bertz CT molecular complexity index is 1540. The Labute approximate surface area is 231 Å². The van der Waals surface area contributed by atoms with Crippen LogP contribution in [0.25, 0.3) is 6.08 Å². The van der Waals surface area contributed by atoms with Crippen molar-refractivity contribution in [3.05, 3.63) is 120 Å². The number of amides is 2. The monoisotopic (exact) mass is 536 g/mol. The first-order valence-electron chi connectivity index (χ1n) is 12.1. The minimum atomic E-state index is -0.586. The van der Waals surface area contributed by atoms with Gasteiger partial charge in [-0.1, -0.05) is 48.5 Å². The molecule has 0 radical (unpaired) electrons. The summed E-state index contributed by atoms with van der Waals surface area (Å²) >= 11 is 5.33. The number of hydrogen-bond donors (Lipinski definition) is 1. The van der Waals surface area contributed by atoms with Crippen molar-refractivity contribution in [2.75, 3.05) is 12.0 Å². The molecular formula is C31H24N2O5S. The number of thiocarbonyl (C=S) groups is 1. The molecule has 5 rings (SSSR count). The highest BCUT2D eigenvalue weighted by molar-refractivity contribution is 7.80. The molecule has 0 unspecified atom stereocenters. The van der Waals surface area contributed by atoms with E-state index in [0.29, 0.717) is 40.9 Å². The molecule has 0 spiro atoms. The summed E-state index contributed by atoms with van der Waals surface area (Å²) < 4.78 is 17.2. The highest BCUT2D eigenvalue weighted by Crippen LogP contribution is 2.30. The minimum Gasteiger partial charge on any atom is -0.496 e. The van der Waals surface area contributed by atoms with Crippen LogP contribution in [0.2, 0.25) is 0 Å². The predicted octanol–water partition coefficient (Wildman–Crippen LogP) is 5.90. The van der Waals surface area contributed by atoms with Crippen molar-refractivity contribution in [3.63, 3.8) is 0 Å². The highest BCUT2D eigenvalue weighted by atomic mass is 32.1. The molecule has 0 atom stereocenters.